The normalized spacial score (nSPS) is 12.5. The van der Waals surface area contributed by atoms with Crippen molar-refractivity contribution in [2.75, 3.05) is 20.3 Å². The highest BCUT2D eigenvalue weighted by molar-refractivity contribution is 5.46. The Balaban J connectivity index is 2.78. The predicted octanol–water partition coefficient (Wildman–Crippen LogP) is 2.59. The van der Waals surface area contributed by atoms with Gasteiger partial charge >= 0.3 is 0 Å². The monoisotopic (exact) mass is 281 g/mol. The SMILES string of the molecule is CCOc1cccc(CNC(CCO)C(C)C)c1OC. The molecule has 20 heavy (non-hydrogen) atoms. The molecule has 0 radical (unpaired) electrons. The number of ether oxygens (including phenoxy) is 2. The molecule has 0 bridgehead atoms. The first kappa shape index (κ1) is 16.8. The highest BCUT2D eigenvalue weighted by Gasteiger charge is 2.15. The van der Waals surface area contributed by atoms with Crippen LogP contribution in [0.25, 0.3) is 0 Å². The van der Waals surface area contributed by atoms with Crippen molar-refractivity contribution in [3.05, 3.63) is 23.8 Å². The lowest BCUT2D eigenvalue weighted by atomic mass is 10.0. The molecule has 0 heterocycles. The Morgan fingerprint density at radius 2 is 2.05 bits per heavy atom. The number of para-hydroxylation sites is 1. The van der Waals surface area contributed by atoms with Gasteiger partial charge in [-0.15, -0.1) is 0 Å². The summed E-state index contributed by atoms with van der Waals surface area (Å²) in [6.45, 7) is 7.79. The van der Waals surface area contributed by atoms with Gasteiger partial charge in [0.25, 0.3) is 0 Å². The van der Waals surface area contributed by atoms with E-state index in [1.165, 1.54) is 0 Å². The van der Waals surface area contributed by atoms with Crippen LogP contribution in [0.1, 0.15) is 32.8 Å². The van der Waals surface area contributed by atoms with Crippen molar-refractivity contribution in [1.29, 1.82) is 0 Å². The molecule has 0 spiro atoms. The van der Waals surface area contributed by atoms with Crippen LogP contribution in [0, 0.1) is 5.92 Å². The fourth-order valence-electron chi connectivity index (χ4n) is 2.25. The maximum Gasteiger partial charge on any atom is 0.165 e. The van der Waals surface area contributed by atoms with Crippen molar-refractivity contribution in [2.45, 2.75) is 39.8 Å². The zero-order valence-electron chi connectivity index (χ0n) is 13.0. The Bertz CT molecular complexity index is 393. The summed E-state index contributed by atoms with van der Waals surface area (Å²) in [7, 11) is 1.66. The number of nitrogens with one attached hydrogen (secondary N) is 1. The van der Waals surface area contributed by atoms with Gasteiger partial charge in [0.1, 0.15) is 0 Å². The van der Waals surface area contributed by atoms with E-state index >= 15 is 0 Å². The van der Waals surface area contributed by atoms with Gasteiger partial charge in [0, 0.05) is 24.8 Å². The molecule has 114 valence electrons. The number of aliphatic hydroxyl groups excluding tert-OH is 1. The zero-order chi connectivity index (χ0) is 15.0. The molecule has 1 rings (SSSR count). The molecule has 1 unspecified atom stereocenters. The summed E-state index contributed by atoms with van der Waals surface area (Å²) in [6.07, 6.45) is 0.755. The van der Waals surface area contributed by atoms with Crippen LogP contribution in [-0.4, -0.2) is 31.5 Å². The smallest absolute Gasteiger partial charge is 0.165 e. The largest absolute Gasteiger partial charge is 0.493 e. The van der Waals surface area contributed by atoms with E-state index in [9.17, 15) is 0 Å². The second kappa shape index (κ2) is 8.82. The summed E-state index contributed by atoms with van der Waals surface area (Å²) in [5.41, 5.74) is 1.07. The Morgan fingerprint density at radius 3 is 2.60 bits per heavy atom. The minimum absolute atomic E-state index is 0.200. The molecular formula is C16H27NO3. The molecule has 1 aromatic rings. The number of methoxy groups -OCH3 is 1. The molecule has 1 atom stereocenters. The molecule has 0 aliphatic heterocycles. The van der Waals surface area contributed by atoms with E-state index in [0.29, 0.717) is 25.1 Å². The third-order valence-electron chi connectivity index (χ3n) is 3.36. The zero-order valence-corrected chi connectivity index (χ0v) is 13.0. The molecule has 0 fully saturated rings. The summed E-state index contributed by atoms with van der Waals surface area (Å²) < 4.78 is 11.0. The topological polar surface area (TPSA) is 50.7 Å². The first-order chi connectivity index (χ1) is 9.63. The van der Waals surface area contributed by atoms with Gasteiger partial charge < -0.3 is 19.9 Å². The van der Waals surface area contributed by atoms with Crippen LogP contribution in [0.15, 0.2) is 18.2 Å². The van der Waals surface area contributed by atoms with Gasteiger partial charge in [0.2, 0.25) is 0 Å². The van der Waals surface area contributed by atoms with Gasteiger partial charge in [-0.3, -0.25) is 0 Å². The van der Waals surface area contributed by atoms with Gasteiger partial charge in [-0.1, -0.05) is 26.0 Å². The number of aliphatic hydroxyl groups is 1. The molecular weight excluding hydrogens is 254 g/mol. The highest BCUT2D eigenvalue weighted by atomic mass is 16.5. The van der Waals surface area contributed by atoms with Crippen molar-refractivity contribution in [1.82, 2.24) is 5.32 Å². The number of hydrogen-bond donors (Lipinski definition) is 2. The van der Waals surface area contributed by atoms with Crippen molar-refractivity contribution in [3.8, 4) is 11.5 Å². The molecule has 2 N–H and O–H groups in total. The maximum atomic E-state index is 9.11. The minimum atomic E-state index is 0.200. The second-order valence-electron chi connectivity index (χ2n) is 5.13. The number of benzene rings is 1. The van der Waals surface area contributed by atoms with Gasteiger partial charge in [-0.25, -0.2) is 0 Å². The standard InChI is InChI=1S/C16H27NO3/c1-5-20-15-8-6-7-13(16(15)19-4)11-17-14(9-10-18)12(2)3/h6-8,12,14,17-18H,5,9-11H2,1-4H3. The lowest BCUT2D eigenvalue weighted by Gasteiger charge is -2.22. The van der Waals surface area contributed by atoms with Crippen molar-refractivity contribution in [2.24, 2.45) is 5.92 Å². The van der Waals surface area contributed by atoms with Crippen LogP contribution in [0.2, 0.25) is 0 Å². The van der Waals surface area contributed by atoms with E-state index in [1.54, 1.807) is 7.11 Å². The van der Waals surface area contributed by atoms with Gasteiger partial charge in [0.05, 0.1) is 13.7 Å². The Kier molecular flexibility index (Phi) is 7.41. The molecule has 0 amide bonds. The number of hydrogen-bond acceptors (Lipinski definition) is 4. The molecule has 1 aromatic carbocycles. The van der Waals surface area contributed by atoms with Gasteiger partial charge in [-0.2, -0.15) is 0 Å². The minimum Gasteiger partial charge on any atom is -0.493 e. The third-order valence-corrected chi connectivity index (χ3v) is 3.36. The quantitative estimate of drug-likeness (QED) is 0.730. The average molecular weight is 281 g/mol. The molecule has 0 saturated heterocycles. The van der Waals surface area contributed by atoms with E-state index in [0.717, 1.165) is 23.5 Å². The highest BCUT2D eigenvalue weighted by Crippen LogP contribution is 2.31. The van der Waals surface area contributed by atoms with Crippen LogP contribution >= 0.6 is 0 Å². The van der Waals surface area contributed by atoms with Crippen LogP contribution in [-0.2, 0) is 6.54 Å². The van der Waals surface area contributed by atoms with Crippen molar-refractivity contribution in [3.63, 3.8) is 0 Å². The fourth-order valence-corrected chi connectivity index (χ4v) is 2.25. The van der Waals surface area contributed by atoms with E-state index in [4.69, 9.17) is 14.6 Å². The second-order valence-corrected chi connectivity index (χ2v) is 5.13. The van der Waals surface area contributed by atoms with Gasteiger partial charge in [0.15, 0.2) is 11.5 Å². The molecule has 4 heteroatoms. The van der Waals surface area contributed by atoms with Crippen LogP contribution < -0.4 is 14.8 Å². The Hall–Kier alpha value is -1.26. The third kappa shape index (κ3) is 4.69. The predicted molar refractivity (Wildman–Crippen MR) is 81.3 cm³/mol. The van der Waals surface area contributed by atoms with Crippen LogP contribution in [0.5, 0.6) is 11.5 Å². The maximum absolute atomic E-state index is 9.11. The Labute approximate surface area is 122 Å². The summed E-state index contributed by atoms with van der Waals surface area (Å²) in [6, 6.07) is 6.21. The molecule has 0 aromatic heterocycles. The first-order valence-electron chi connectivity index (χ1n) is 7.26. The molecule has 0 saturated carbocycles. The average Bonchev–Trinajstić information content (AvgIpc) is 2.43. The van der Waals surface area contributed by atoms with E-state index < -0.39 is 0 Å². The van der Waals surface area contributed by atoms with Crippen LogP contribution in [0.3, 0.4) is 0 Å². The fraction of sp³-hybridized carbons (Fsp3) is 0.625. The lowest BCUT2D eigenvalue weighted by Crippen LogP contribution is -2.34. The van der Waals surface area contributed by atoms with E-state index in [-0.39, 0.29) is 6.61 Å². The van der Waals surface area contributed by atoms with Crippen LogP contribution in [0.4, 0.5) is 0 Å². The number of rotatable bonds is 9. The van der Waals surface area contributed by atoms with E-state index in [2.05, 4.69) is 19.2 Å². The van der Waals surface area contributed by atoms with Crippen molar-refractivity contribution >= 4 is 0 Å². The summed E-state index contributed by atoms with van der Waals surface area (Å²) >= 11 is 0. The van der Waals surface area contributed by atoms with E-state index in [1.807, 2.05) is 25.1 Å². The molecule has 0 aliphatic carbocycles. The first-order valence-corrected chi connectivity index (χ1v) is 7.26. The van der Waals surface area contributed by atoms with Crippen molar-refractivity contribution < 1.29 is 14.6 Å². The summed E-state index contributed by atoms with van der Waals surface area (Å²) in [4.78, 5) is 0. The molecule has 4 nitrogen and oxygen atoms in total. The lowest BCUT2D eigenvalue weighted by molar-refractivity contribution is 0.243. The Morgan fingerprint density at radius 1 is 1.30 bits per heavy atom. The van der Waals surface area contributed by atoms with Gasteiger partial charge in [-0.05, 0) is 25.3 Å². The summed E-state index contributed by atoms with van der Waals surface area (Å²) in [5.74, 6) is 2.04. The molecule has 0 aliphatic rings. The summed E-state index contributed by atoms with van der Waals surface area (Å²) in [5, 5.41) is 12.6.